The Bertz CT molecular complexity index is 859. The van der Waals surface area contributed by atoms with Crippen LogP contribution in [0, 0.1) is 5.92 Å². The van der Waals surface area contributed by atoms with Crippen LogP contribution in [0.4, 0.5) is 0 Å². The van der Waals surface area contributed by atoms with Crippen molar-refractivity contribution >= 4 is 39.1 Å². The average Bonchev–Trinajstić information content (AvgIpc) is 3.42. The van der Waals surface area contributed by atoms with Gasteiger partial charge >= 0.3 is 0 Å². The molecule has 2 fully saturated rings. The number of carbonyl (C=O) groups is 1. The van der Waals surface area contributed by atoms with E-state index >= 15 is 0 Å². The molecule has 0 spiro atoms. The molecule has 1 atom stereocenters. The van der Waals surface area contributed by atoms with Crippen LogP contribution in [0.1, 0.15) is 37.0 Å². The Morgan fingerprint density at radius 2 is 2.00 bits per heavy atom. The summed E-state index contributed by atoms with van der Waals surface area (Å²) in [5.74, 6) is 0.0972. The Labute approximate surface area is 182 Å². The molecular formula is C19H27Cl2N3O4S. The number of nitrogens with one attached hydrogen (secondary N) is 2. The predicted molar refractivity (Wildman–Crippen MR) is 113 cm³/mol. The monoisotopic (exact) mass is 463 g/mol. The van der Waals surface area contributed by atoms with Gasteiger partial charge in [-0.05, 0) is 30.9 Å². The van der Waals surface area contributed by atoms with E-state index in [0.29, 0.717) is 19.1 Å². The molecule has 0 radical (unpaired) electrons. The number of ether oxygens (including phenoxy) is 1. The van der Waals surface area contributed by atoms with Crippen LogP contribution in [0.2, 0.25) is 10.0 Å². The highest BCUT2D eigenvalue weighted by Crippen LogP contribution is 2.30. The van der Waals surface area contributed by atoms with E-state index in [-0.39, 0.29) is 32.7 Å². The standard InChI is InChI=1S/C19H27Cl2N3O4S/c1-12(2)10-24-5-6-28-14(11-24)9-22-19(25)15-7-18(17(21)8-16(15)20)29(26,27)23-13-3-4-13/h7-8,12-14,23H,3-6,9-11H2,1-2H3,(H,22,25)/t14-/m0/s1. The first-order valence-corrected chi connectivity index (χ1v) is 12.0. The maximum Gasteiger partial charge on any atom is 0.252 e. The highest BCUT2D eigenvalue weighted by Gasteiger charge is 2.30. The van der Waals surface area contributed by atoms with Gasteiger partial charge < -0.3 is 10.1 Å². The van der Waals surface area contributed by atoms with E-state index in [1.807, 2.05) is 0 Å². The normalized spacial score (nSPS) is 20.8. The van der Waals surface area contributed by atoms with Crippen molar-refractivity contribution in [3.05, 3.63) is 27.7 Å². The summed E-state index contributed by atoms with van der Waals surface area (Å²) in [6.07, 6.45) is 1.47. The van der Waals surface area contributed by atoms with Crippen LogP contribution in [0.25, 0.3) is 0 Å². The Hall–Kier alpha value is -0.900. The van der Waals surface area contributed by atoms with Crippen LogP contribution in [0.5, 0.6) is 0 Å². The van der Waals surface area contributed by atoms with Gasteiger partial charge in [-0.2, -0.15) is 0 Å². The lowest BCUT2D eigenvalue weighted by Gasteiger charge is -2.34. The summed E-state index contributed by atoms with van der Waals surface area (Å²) in [5, 5.41) is 2.89. The molecule has 162 valence electrons. The lowest BCUT2D eigenvalue weighted by atomic mass is 10.1. The summed E-state index contributed by atoms with van der Waals surface area (Å²) in [6, 6.07) is 2.46. The van der Waals surface area contributed by atoms with Crippen LogP contribution >= 0.6 is 23.2 Å². The highest BCUT2D eigenvalue weighted by atomic mass is 35.5. The number of sulfonamides is 1. The lowest BCUT2D eigenvalue weighted by molar-refractivity contribution is -0.0295. The molecule has 29 heavy (non-hydrogen) atoms. The summed E-state index contributed by atoms with van der Waals surface area (Å²) in [7, 11) is -3.81. The topological polar surface area (TPSA) is 87.7 Å². The summed E-state index contributed by atoms with van der Waals surface area (Å²) in [5.41, 5.74) is 0.0714. The number of benzene rings is 1. The quantitative estimate of drug-likeness (QED) is 0.618. The van der Waals surface area contributed by atoms with E-state index in [4.69, 9.17) is 27.9 Å². The fourth-order valence-electron chi connectivity index (χ4n) is 3.28. The van der Waals surface area contributed by atoms with Crippen LogP contribution in [0.3, 0.4) is 0 Å². The van der Waals surface area contributed by atoms with Crippen LogP contribution in [-0.4, -0.2) is 64.2 Å². The Morgan fingerprint density at radius 3 is 2.66 bits per heavy atom. The minimum Gasteiger partial charge on any atom is -0.374 e. The average molecular weight is 464 g/mol. The number of halogens is 2. The van der Waals surface area contributed by atoms with Gasteiger partial charge in [0.1, 0.15) is 4.90 Å². The largest absolute Gasteiger partial charge is 0.374 e. The van der Waals surface area contributed by atoms with Crippen molar-refractivity contribution < 1.29 is 17.9 Å². The molecule has 1 saturated heterocycles. The molecule has 1 heterocycles. The van der Waals surface area contributed by atoms with Crippen LogP contribution in [0.15, 0.2) is 17.0 Å². The molecule has 0 unspecified atom stereocenters. The van der Waals surface area contributed by atoms with Gasteiger partial charge in [0.25, 0.3) is 5.91 Å². The van der Waals surface area contributed by atoms with Crippen molar-refractivity contribution in [3.63, 3.8) is 0 Å². The third-order valence-corrected chi connectivity index (χ3v) is 7.09. The predicted octanol–water partition coefficient (Wildman–Crippen LogP) is 2.52. The highest BCUT2D eigenvalue weighted by molar-refractivity contribution is 7.89. The zero-order chi connectivity index (χ0) is 21.2. The fraction of sp³-hybridized carbons (Fsp3) is 0.632. The second kappa shape index (κ2) is 9.49. The van der Waals surface area contributed by atoms with E-state index in [1.165, 1.54) is 12.1 Å². The second-order valence-electron chi connectivity index (χ2n) is 8.01. The molecule has 1 aromatic carbocycles. The van der Waals surface area contributed by atoms with Gasteiger partial charge in [0.05, 0.1) is 28.3 Å². The van der Waals surface area contributed by atoms with E-state index in [9.17, 15) is 13.2 Å². The van der Waals surface area contributed by atoms with Gasteiger partial charge in [0.15, 0.2) is 0 Å². The first-order chi connectivity index (χ1) is 13.7. The minimum atomic E-state index is -3.81. The van der Waals surface area contributed by atoms with Gasteiger partial charge in [-0.15, -0.1) is 0 Å². The van der Waals surface area contributed by atoms with E-state index in [1.54, 1.807) is 0 Å². The number of rotatable bonds is 8. The molecule has 1 aliphatic carbocycles. The van der Waals surface area contributed by atoms with Crippen LogP contribution in [-0.2, 0) is 14.8 Å². The molecule has 2 N–H and O–H groups in total. The van der Waals surface area contributed by atoms with Gasteiger partial charge in [0.2, 0.25) is 10.0 Å². The summed E-state index contributed by atoms with van der Waals surface area (Å²) in [4.78, 5) is 14.8. The summed E-state index contributed by atoms with van der Waals surface area (Å²) >= 11 is 12.3. The molecule has 1 amide bonds. The molecule has 10 heteroatoms. The smallest absolute Gasteiger partial charge is 0.252 e. The first-order valence-electron chi connectivity index (χ1n) is 9.79. The number of amides is 1. The number of hydrogen-bond acceptors (Lipinski definition) is 5. The minimum absolute atomic E-state index is 0.0142. The molecule has 0 aromatic heterocycles. The molecule has 1 saturated carbocycles. The van der Waals surface area contributed by atoms with Crippen molar-refractivity contribution in [2.24, 2.45) is 5.92 Å². The molecular weight excluding hydrogens is 437 g/mol. The third-order valence-electron chi connectivity index (χ3n) is 4.79. The molecule has 3 rings (SSSR count). The van der Waals surface area contributed by atoms with Gasteiger partial charge in [-0.3, -0.25) is 9.69 Å². The number of nitrogens with zero attached hydrogens (tertiary/aromatic N) is 1. The van der Waals surface area contributed by atoms with Crippen molar-refractivity contribution in [1.29, 1.82) is 0 Å². The van der Waals surface area contributed by atoms with Gasteiger partial charge in [-0.25, -0.2) is 13.1 Å². The zero-order valence-electron chi connectivity index (χ0n) is 16.6. The molecule has 7 nitrogen and oxygen atoms in total. The third kappa shape index (κ3) is 6.29. The number of hydrogen-bond donors (Lipinski definition) is 2. The van der Waals surface area contributed by atoms with Crippen molar-refractivity contribution in [2.75, 3.05) is 32.8 Å². The van der Waals surface area contributed by atoms with Crippen molar-refractivity contribution in [1.82, 2.24) is 14.9 Å². The molecule has 2 aliphatic rings. The number of morpholine rings is 1. The Balaban J connectivity index is 1.66. The van der Waals surface area contributed by atoms with Gasteiger partial charge in [0, 0.05) is 32.2 Å². The van der Waals surface area contributed by atoms with Crippen LogP contribution < -0.4 is 10.0 Å². The summed E-state index contributed by atoms with van der Waals surface area (Å²) in [6.45, 7) is 7.85. The Kier molecular flexibility index (Phi) is 7.46. The van der Waals surface area contributed by atoms with Gasteiger partial charge in [-0.1, -0.05) is 37.0 Å². The molecule has 0 bridgehead atoms. The van der Waals surface area contributed by atoms with E-state index in [2.05, 4.69) is 28.8 Å². The fourth-order valence-corrected chi connectivity index (χ4v) is 5.44. The SMILES string of the molecule is CC(C)CN1CCO[C@@H](CNC(=O)c2cc(S(=O)(=O)NC3CC3)c(Cl)cc2Cl)C1. The first kappa shape index (κ1) is 22.8. The number of carbonyl (C=O) groups excluding carboxylic acids is 1. The molecule has 1 aliphatic heterocycles. The summed E-state index contributed by atoms with van der Waals surface area (Å²) < 4.78 is 33.3. The van der Waals surface area contributed by atoms with E-state index < -0.39 is 15.9 Å². The lowest BCUT2D eigenvalue weighted by Crippen LogP contribution is -2.48. The van der Waals surface area contributed by atoms with E-state index in [0.717, 1.165) is 32.5 Å². The maximum absolute atomic E-state index is 12.7. The maximum atomic E-state index is 12.7. The second-order valence-corrected chi connectivity index (χ2v) is 10.5. The zero-order valence-corrected chi connectivity index (χ0v) is 18.9. The van der Waals surface area contributed by atoms with Crippen molar-refractivity contribution in [2.45, 2.75) is 43.7 Å². The molecule has 1 aromatic rings. The Morgan fingerprint density at radius 1 is 1.28 bits per heavy atom. The van der Waals surface area contributed by atoms with Crippen molar-refractivity contribution in [3.8, 4) is 0 Å².